The van der Waals surface area contributed by atoms with Crippen molar-refractivity contribution in [1.82, 2.24) is 0 Å². The molecule has 6 atom stereocenters. The number of aliphatic carboxylic acids is 1. The molecular weight excluding hydrogens is 997 g/mol. The van der Waals surface area contributed by atoms with Crippen LogP contribution in [0.5, 0.6) is 0 Å². The lowest BCUT2D eigenvalue weighted by Gasteiger charge is -2.40. The Morgan fingerprint density at radius 2 is 0.785 bits per heavy atom. The Morgan fingerprint density at radius 3 is 1.19 bits per heavy atom. The van der Waals surface area contributed by atoms with E-state index >= 15 is 0 Å². The quantitative estimate of drug-likeness (QED) is 0.0228. The van der Waals surface area contributed by atoms with E-state index in [9.17, 15) is 34.5 Å². The second-order valence-corrected chi connectivity index (χ2v) is 23.1. The largest absolute Gasteiger partial charge is 0.479 e. The fraction of sp³-hybridized carbons (Fsp3) is 0.881. The average Bonchev–Trinajstić information content (AvgIpc) is 3.44. The fourth-order valence-corrected chi connectivity index (χ4v) is 10.4. The van der Waals surface area contributed by atoms with Gasteiger partial charge in [-0.15, -0.1) is 0 Å². The summed E-state index contributed by atoms with van der Waals surface area (Å²) in [5.74, 6) is -3.10. The van der Waals surface area contributed by atoms with Crippen LogP contribution in [-0.4, -0.2) is 89.2 Å². The van der Waals surface area contributed by atoms with Crippen molar-refractivity contribution in [1.29, 1.82) is 0 Å². The summed E-state index contributed by atoms with van der Waals surface area (Å²) in [7, 11) is 0. The van der Waals surface area contributed by atoms with Crippen molar-refractivity contribution >= 4 is 23.9 Å². The number of aliphatic hydroxyl groups is 2. The average molecular weight is 1120 g/mol. The number of carboxylic acid groups (broad SMARTS) is 1. The topological polar surface area (TPSA) is 175 Å². The SMILES string of the molecule is CCC/C=C\C/C=C\CCCCCCCC(=O)OC(COC(=O)CCCCCCCCCCCCCCCCCCCCC)COC1OC(C(=O)O)C(O)C(O)C1OC(=O)CCCCCCCCCCCCCCCCCCC. The molecule has 12 heteroatoms. The van der Waals surface area contributed by atoms with Crippen LogP contribution in [0.3, 0.4) is 0 Å². The van der Waals surface area contributed by atoms with Crippen LogP contribution >= 0.6 is 0 Å². The number of esters is 3. The van der Waals surface area contributed by atoms with E-state index in [4.69, 9.17) is 23.7 Å². The molecule has 0 aliphatic carbocycles. The van der Waals surface area contributed by atoms with E-state index in [1.807, 2.05) is 0 Å². The highest BCUT2D eigenvalue weighted by Gasteiger charge is 2.50. The molecule has 1 aliphatic rings. The number of hydrogen-bond acceptors (Lipinski definition) is 11. The predicted molar refractivity (Wildman–Crippen MR) is 322 cm³/mol. The molecule has 0 saturated carbocycles. The summed E-state index contributed by atoms with van der Waals surface area (Å²) in [4.78, 5) is 51.3. The molecule has 0 radical (unpaired) electrons. The molecule has 1 aliphatic heterocycles. The summed E-state index contributed by atoms with van der Waals surface area (Å²) >= 11 is 0. The Bertz CT molecular complexity index is 1470. The second kappa shape index (κ2) is 55.7. The smallest absolute Gasteiger partial charge is 0.335 e. The van der Waals surface area contributed by atoms with Gasteiger partial charge < -0.3 is 39.0 Å². The third-order valence-electron chi connectivity index (χ3n) is 15.5. The van der Waals surface area contributed by atoms with Gasteiger partial charge in [0.2, 0.25) is 0 Å². The summed E-state index contributed by atoms with van der Waals surface area (Å²) in [5.41, 5.74) is 0. The zero-order valence-electron chi connectivity index (χ0n) is 51.1. The molecule has 6 unspecified atom stereocenters. The molecule has 0 aromatic heterocycles. The second-order valence-electron chi connectivity index (χ2n) is 23.1. The molecule has 0 aromatic rings. The highest BCUT2D eigenvalue weighted by atomic mass is 16.7. The maximum atomic E-state index is 13.2. The standard InChI is InChI=1S/C67H122O12/c1-4-7-10-13-16-19-22-25-27-29-30-32-33-36-38-41-44-47-50-53-59(68)75-56-58(77-60(69)54-51-48-45-42-39-35-24-21-18-15-12-9-6-3)57-76-67-65(63(72)62(71)64(79-67)66(73)74)78-61(70)55-52-49-46-43-40-37-34-31-28-26-23-20-17-14-11-8-5-2/h12,15,21,24,58,62-65,67,71-72H,4-11,13-14,16-20,22-23,25-57H2,1-3H3,(H,73,74)/b15-12-,24-21-. The maximum Gasteiger partial charge on any atom is 0.335 e. The van der Waals surface area contributed by atoms with Gasteiger partial charge in [-0.05, 0) is 44.9 Å². The minimum Gasteiger partial charge on any atom is -0.479 e. The lowest BCUT2D eigenvalue weighted by atomic mass is 9.98. The molecule has 3 N–H and O–H groups in total. The first kappa shape index (κ1) is 74.2. The molecule has 79 heavy (non-hydrogen) atoms. The number of carbonyl (C=O) groups excluding carboxylic acids is 3. The monoisotopic (exact) mass is 1120 g/mol. The normalized spacial score (nSPS) is 17.9. The van der Waals surface area contributed by atoms with Crippen molar-refractivity contribution in [2.75, 3.05) is 13.2 Å². The van der Waals surface area contributed by atoms with Crippen LogP contribution in [0.15, 0.2) is 24.3 Å². The molecule has 0 bridgehead atoms. The first-order chi connectivity index (χ1) is 38.6. The maximum absolute atomic E-state index is 13.2. The van der Waals surface area contributed by atoms with Crippen LogP contribution in [0.2, 0.25) is 0 Å². The van der Waals surface area contributed by atoms with Crippen molar-refractivity contribution in [3.8, 4) is 0 Å². The number of ether oxygens (including phenoxy) is 5. The highest BCUT2D eigenvalue weighted by molar-refractivity contribution is 5.74. The van der Waals surface area contributed by atoms with Gasteiger partial charge in [-0.1, -0.05) is 289 Å². The lowest BCUT2D eigenvalue weighted by molar-refractivity contribution is -0.301. The molecule has 0 aromatic carbocycles. The Labute approximate surface area is 483 Å². The van der Waals surface area contributed by atoms with Gasteiger partial charge in [-0.2, -0.15) is 0 Å². The number of unbranched alkanes of at least 4 members (excludes halogenated alkanes) is 40. The summed E-state index contributed by atoms with van der Waals surface area (Å²) in [6.07, 6.45) is 52.8. The zero-order valence-corrected chi connectivity index (χ0v) is 51.1. The van der Waals surface area contributed by atoms with Crippen LogP contribution in [0.25, 0.3) is 0 Å². The third-order valence-corrected chi connectivity index (χ3v) is 15.5. The molecule has 1 saturated heterocycles. The van der Waals surface area contributed by atoms with E-state index in [0.717, 1.165) is 89.9 Å². The van der Waals surface area contributed by atoms with Gasteiger partial charge in [0.1, 0.15) is 18.8 Å². The van der Waals surface area contributed by atoms with Gasteiger partial charge in [-0.3, -0.25) is 14.4 Å². The minimum absolute atomic E-state index is 0.0662. The number of aliphatic hydroxyl groups excluding tert-OH is 2. The van der Waals surface area contributed by atoms with Crippen LogP contribution in [0.1, 0.15) is 329 Å². The Morgan fingerprint density at radius 1 is 0.418 bits per heavy atom. The Hall–Kier alpha value is -2.80. The van der Waals surface area contributed by atoms with Crippen LogP contribution in [-0.2, 0) is 42.9 Å². The minimum atomic E-state index is -1.90. The van der Waals surface area contributed by atoms with Crippen molar-refractivity contribution in [2.24, 2.45) is 0 Å². The fourth-order valence-electron chi connectivity index (χ4n) is 10.4. The van der Waals surface area contributed by atoms with Gasteiger partial charge in [0.25, 0.3) is 0 Å². The summed E-state index contributed by atoms with van der Waals surface area (Å²) < 4.78 is 28.5. The summed E-state index contributed by atoms with van der Waals surface area (Å²) in [6.45, 7) is 5.98. The number of carboxylic acids is 1. The van der Waals surface area contributed by atoms with Gasteiger partial charge in [0.05, 0.1) is 6.61 Å². The summed E-state index contributed by atoms with van der Waals surface area (Å²) in [6, 6.07) is 0. The van der Waals surface area contributed by atoms with Gasteiger partial charge in [0, 0.05) is 19.3 Å². The molecule has 1 heterocycles. The van der Waals surface area contributed by atoms with Crippen molar-refractivity contribution in [3.05, 3.63) is 24.3 Å². The van der Waals surface area contributed by atoms with Crippen molar-refractivity contribution in [2.45, 2.75) is 366 Å². The van der Waals surface area contributed by atoms with Gasteiger partial charge in [-0.25, -0.2) is 4.79 Å². The Kier molecular flexibility index (Phi) is 52.3. The number of allylic oxidation sites excluding steroid dienone is 4. The number of carbonyl (C=O) groups is 4. The van der Waals surface area contributed by atoms with Crippen molar-refractivity contribution in [3.63, 3.8) is 0 Å². The van der Waals surface area contributed by atoms with Crippen molar-refractivity contribution < 1.29 is 58.2 Å². The number of rotatable bonds is 58. The third kappa shape index (κ3) is 45.4. The van der Waals surface area contributed by atoms with E-state index in [0.29, 0.717) is 19.3 Å². The Balaban J connectivity index is 2.61. The molecule has 1 fully saturated rings. The predicted octanol–water partition coefficient (Wildman–Crippen LogP) is 17.8. The van der Waals surface area contributed by atoms with Crippen LogP contribution in [0.4, 0.5) is 0 Å². The molecule has 0 spiro atoms. The van der Waals surface area contributed by atoms with E-state index in [1.54, 1.807) is 0 Å². The first-order valence-electron chi connectivity index (χ1n) is 33.3. The highest BCUT2D eigenvalue weighted by Crippen LogP contribution is 2.27. The van der Waals surface area contributed by atoms with E-state index in [-0.39, 0.29) is 25.9 Å². The first-order valence-corrected chi connectivity index (χ1v) is 33.3. The lowest BCUT2D eigenvalue weighted by Crippen LogP contribution is -2.61. The van der Waals surface area contributed by atoms with Crippen LogP contribution in [0, 0.1) is 0 Å². The van der Waals surface area contributed by atoms with E-state index < -0.39 is 67.3 Å². The summed E-state index contributed by atoms with van der Waals surface area (Å²) in [5, 5.41) is 31.6. The van der Waals surface area contributed by atoms with Gasteiger partial charge >= 0.3 is 23.9 Å². The van der Waals surface area contributed by atoms with Crippen LogP contribution < -0.4 is 0 Å². The molecule has 462 valence electrons. The van der Waals surface area contributed by atoms with E-state index in [2.05, 4.69) is 45.1 Å². The molecule has 1 rings (SSSR count). The molecule has 12 nitrogen and oxygen atoms in total. The number of hydrogen-bond donors (Lipinski definition) is 3. The van der Waals surface area contributed by atoms with Gasteiger partial charge in [0.15, 0.2) is 24.6 Å². The molecular formula is C67H122O12. The van der Waals surface area contributed by atoms with E-state index in [1.165, 1.54) is 180 Å². The molecule has 0 amide bonds. The zero-order chi connectivity index (χ0) is 57.5.